The van der Waals surface area contributed by atoms with E-state index in [-0.39, 0.29) is 11.0 Å². The van der Waals surface area contributed by atoms with Crippen molar-refractivity contribution in [2.45, 2.75) is 52.5 Å². The second-order valence-corrected chi connectivity index (χ2v) is 9.25. The Morgan fingerprint density at radius 2 is 1.37 bits per heavy atom. The Balaban J connectivity index is 1.91. The molecule has 4 rings (SSSR count). The molecule has 1 aliphatic carbocycles. The van der Waals surface area contributed by atoms with Crippen molar-refractivity contribution in [3.8, 4) is 11.1 Å². The molecule has 0 heterocycles. The third-order valence-corrected chi connectivity index (χ3v) is 5.76. The molecule has 0 atom stereocenters. The van der Waals surface area contributed by atoms with Gasteiger partial charge in [-0.2, -0.15) is 0 Å². The number of benzene rings is 3. The number of anilines is 2. The minimum absolute atomic E-state index is 0.0182. The first-order chi connectivity index (χ1) is 12.7. The molecule has 0 unspecified atom stereocenters. The van der Waals surface area contributed by atoms with Gasteiger partial charge in [-0.3, -0.25) is 0 Å². The van der Waals surface area contributed by atoms with Crippen molar-refractivity contribution in [1.82, 2.24) is 0 Å². The largest absolute Gasteiger partial charge is 0.336 e. The smallest absolute Gasteiger partial charge is 0.0422 e. The van der Waals surface area contributed by atoms with Gasteiger partial charge < -0.3 is 4.90 Å². The molecule has 1 heteroatoms. The maximum atomic E-state index is 2.45. The van der Waals surface area contributed by atoms with Gasteiger partial charge in [0.2, 0.25) is 0 Å². The van der Waals surface area contributed by atoms with Crippen LogP contribution in [0, 0.1) is 6.92 Å². The van der Waals surface area contributed by atoms with E-state index in [1.165, 1.54) is 39.2 Å². The molecule has 1 aliphatic rings. The SMILES string of the molecule is Cc1cccc(N(c2ccc3c(c2)-c2ccccc2C3(C)C)C(C)(C)C)c1. The lowest BCUT2D eigenvalue weighted by atomic mass is 9.82. The van der Waals surface area contributed by atoms with E-state index in [1.807, 2.05) is 0 Å². The van der Waals surface area contributed by atoms with Crippen molar-refractivity contribution in [2.24, 2.45) is 0 Å². The van der Waals surface area contributed by atoms with Crippen LogP contribution in [0.5, 0.6) is 0 Å². The molecule has 0 spiro atoms. The van der Waals surface area contributed by atoms with E-state index in [4.69, 9.17) is 0 Å². The number of rotatable bonds is 2. The first-order valence-corrected chi connectivity index (χ1v) is 9.81. The van der Waals surface area contributed by atoms with Gasteiger partial charge >= 0.3 is 0 Å². The summed E-state index contributed by atoms with van der Waals surface area (Å²) < 4.78 is 0. The molecule has 0 bridgehead atoms. The molecule has 0 aromatic heterocycles. The average Bonchev–Trinajstić information content (AvgIpc) is 2.82. The van der Waals surface area contributed by atoms with Gasteiger partial charge in [0.05, 0.1) is 0 Å². The molecule has 138 valence electrons. The van der Waals surface area contributed by atoms with E-state index in [1.54, 1.807) is 0 Å². The van der Waals surface area contributed by atoms with Crippen LogP contribution in [-0.2, 0) is 5.41 Å². The van der Waals surface area contributed by atoms with E-state index in [2.05, 4.69) is 113 Å². The number of hydrogen-bond donors (Lipinski definition) is 0. The van der Waals surface area contributed by atoms with Crippen LogP contribution in [0.1, 0.15) is 51.3 Å². The lowest BCUT2D eigenvalue weighted by Gasteiger charge is -2.38. The number of nitrogens with zero attached hydrogens (tertiary/aromatic N) is 1. The molecular weight excluding hydrogens is 326 g/mol. The van der Waals surface area contributed by atoms with Crippen LogP contribution in [0.2, 0.25) is 0 Å². The highest BCUT2D eigenvalue weighted by atomic mass is 15.2. The molecule has 0 saturated carbocycles. The lowest BCUT2D eigenvalue weighted by Crippen LogP contribution is -2.37. The van der Waals surface area contributed by atoms with E-state index >= 15 is 0 Å². The predicted molar refractivity (Wildman–Crippen MR) is 117 cm³/mol. The molecule has 0 saturated heterocycles. The maximum absolute atomic E-state index is 2.45. The zero-order valence-corrected chi connectivity index (χ0v) is 17.3. The van der Waals surface area contributed by atoms with Crippen LogP contribution in [0.4, 0.5) is 11.4 Å². The van der Waals surface area contributed by atoms with Gasteiger partial charge in [-0.25, -0.2) is 0 Å². The van der Waals surface area contributed by atoms with Crippen molar-refractivity contribution < 1.29 is 0 Å². The molecule has 0 fully saturated rings. The Labute approximate surface area is 163 Å². The van der Waals surface area contributed by atoms with Crippen LogP contribution >= 0.6 is 0 Å². The third-order valence-electron chi connectivity index (χ3n) is 5.76. The van der Waals surface area contributed by atoms with Gasteiger partial charge in [-0.1, -0.05) is 56.3 Å². The summed E-state index contributed by atoms with van der Waals surface area (Å²) in [6, 6.07) is 24.6. The standard InChI is InChI=1S/C26H29N/c1-18-10-9-11-19(16-18)27(25(2,3)4)20-14-15-24-22(17-20)21-12-7-8-13-23(21)26(24,5)6/h7-17H,1-6H3. The third kappa shape index (κ3) is 2.86. The van der Waals surface area contributed by atoms with Crippen LogP contribution in [0.15, 0.2) is 66.7 Å². The van der Waals surface area contributed by atoms with Crippen LogP contribution in [0.25, 0.3) is 11.1 Å². The van der Waals surface area contributed by atoms with Crippen LogP contribution in [0.3, 0.4) is 0 Å². The van der Waals surface area contributed by atoms with Gasteiger partial charge in [-0.05, 0) is 79.8 Å². The highest BCUT2D eigenvalue weighted by Crippen LogP contribution is 2.50. The Morgan fingerprint density at radius 1 is 0.704 bits per heavy atom. The molecule has 0 amide bonds. The monoisotopic (exact) mass is 355 g/mol. The van der Waals surface area contributed by atoms with E-state index in [0.717, 1.165) is 0 Å². The summed E-state index contributed by atoms with van der Waals surface area (Å²) in [4.78, 5) is 2.45. The molecule has 0 N–H and O–H groups in total. The van der Waals surface area contributed by atoms with Gasteiger partial charge in [0, 0.05) is 22.3 Å². The van der Waals surface area contributed by atoms with Gasteiger partial charge in [0.15, 0.2) is 0 Å². The molecule has 3 aromatic rings. The zero-order valence-electron chi connectivity index (χ0n) is 17.3. The average molecular weight is 356 g/mol. The van der Waals surface area contributed by atoms with Crippen LogP contribution in [-0.4, -0.2) is 5.54 Å². The first-order valence-electron chi connectivity index (χ1n) is 9.81. The lowest BCUT2D eigenvalue weighted by molar-refractivity contribution is 0.560. The minimum Gasteiger partial charge on any atom is -0.336 e. The second-order valence-electron chi connectivity index (χ2n) is 9.25. The van der Waals surface area contributed by atoms with Crippen LogP contribution < -0.4 is 4.90 Å². The van der Waals surface area contributed by atoms with Crippen molar-refractivity contribution in [3.05, 3.63) is 83.4 Å². The Morgan fingerprint density at radius 3 is 2.07 bits per heavy atom. The topological polar surface area (TPSA) is 3.24 Å². The Kier molecular flexibility index (Phi) is 3.96. The maximum Gasteiger partial charge on any atom is 0.0422 e. The van der Waals surface area contributed by atoms with Gasteiger partial charge in [0.1, 0.15) is 0 Å². The summed E-state index contributed by atoms with van der Waals surface area (Å²) >= 11 is 0. The van der Waals surface area contributed by atoms with Crippen molar-refractivity contribution >= 4 is 11.4 Å². The van der Waals surface area contributed by atoms with E-state index in [0.29, 0.717) is 0 Å². The summed E-state index contributed by atoms with van der Waals surface area (Å²) in [6.07, 6.45) is 0. The van der Waals surface area contributed by atoms with Crippen molar-refractivity contribution in [2.75, 3.05) is 4.90 Å². The van der Waals surface area contributed by atoms with Crippen molar-refractivity contribution in [3.63, 3.8) is 0 Å². The van der Waals surface area contributed by atoms with Crippen molar-refractivity contribution in [1.29, 1.82) is 0 Å². The fraction of sp³-hybridized carbons (Fsp3) is 0.308. The Bertz CT molecular complexity index is 1000. The molecule has 1 nitrogen and oxygen atoms in total. The number of aryl methyl sites for hydroxylation is 1. The van der Waals surface area contributed by atoms with Gasteiger partial charge in [0.25, 0.3) is 0 Å². The number of hydrogen-bond acceptors (Lipinski definition) is 1. The summed E-state index contributed by atoms with van der Waals surface area (Å²) in [7, 11) is 0. The highest BCUT2D eigenvalue weighted by Gasteiger charge is 2.36. The summed E-state index contributed by atoms with van der Waals surface area (Å²) in [5.41, 5.74) is 9.41. The fourth-order valence-electron chi connectivity index (χ4n) is 4.54. The molecule has 3 aromatic carbocycles. The number of fused-ring (bicyclic) bond motifs is 3. The highest BCUT2D eigenvalue weighted by molar-refractivity contribution is 5.84. The van der Waals surface area contributed by atoms with E-state index < -0.39 is 0 Å². The quantitative estimate of drug-likeness (QED) is 0.468. The zero-order chi connectivity index (χ0) is 19.4. The summed E-state index contributed by atoms with van der Waals surface area (Å²) in [6.45, 7) is 13.7. The minimum atomic E-state index is -0.0182. The fourth-order valence-corrected chi connectivity index (χ4v) is 4.54. The van der Waals surface area contributed by atoms with E-state index in [9.17, 15) is 0 Å². The van der Waals surface area contributed by atoms with Gasteiger partial charge in [-0.15, -0.1) is 0 Å². The summed E-state index contributed by atoms with van der Waals surface area (Å²) in [5, 5.41) is 0. The first kappa shape index (κ1) is 17.9. The Hall–Kier alpha value is -2.54. The normalized spacial score (nSPS) is 14.6. The molecule has 27 heavy (non-hydrogen) atoms. The second kappa shape index (κ2) is 5.99. The summed E-state index contributed by atoms with van der Waals surface area (Å²) in [5.74, 6) is 0. The molecule has 0 aliphatic heterocycles. The molecular formula is C26H29N. The molecule has 0 radical (unpaired) electrons. The predicted octanol–water partition coefficient (Wildman–Crippen LogP) is 7.24.